The number of hydrogen-bond donors (Lipinski definition) is 0. The van der Waals surface area contributed by atoms with Crippen LogP contribution in [0.2, 0.25) is 0 Å². The number of nitrogens with zero attached hydrogens (tertiary/aromatic N) is 6. The third-order valence-electron chi connectivity index (χ3n) is 20.5. The van der Waals surface area contributed by atoms with Gasteiger partial charge in [0.1, 0.15) is 128 Å². The van der Waals surface area contributed by atoms with Crippen LogP contribution in [0.25, 0.3) is 0 Å². The quantitative estimate of drug-likeness (QED) is 0.0245. The summed E-state index contributed by atoms with van der Waals surface area (Å²) in [5, 5.41) is 0. The van der Waals surface area contributed by atoms with Gasteiger partial charge in [-0.05, 0) is 38.4 Å². The number of likely N-dealkylation sites (N-methyl/N-ethyl adjacent to an activating group) is 2. The minimum absolute atomic E-state index is 0. The van der Waals surface area contributed by atoms with Crippen LogP contribution in [0, 0.1) is 233 Å². The van der Waals surface area contributed by atoms with E-state index in [2.05, 4.69) is 43.8 Å². The second-order valence-corrected chi connectivity index (χ2v) is 28.0. The van der Waals surface area contributed by atoms with Crippen molar-refractivity contribution < 1.29 is 240 Å². The van der Waals surface area contributed by atoms with Crippen LogP contribution in [0.5, 0.6) is 23.0 Å². The number of rotatable bonds is 24. The summed E-state index contributed by atoms with van der Waals surface area (Å²) in [7, 11) is 10.9. The molecule has 0 spiro atoms. The predicted octanol–water partition coefficient (Wildman–Crippen LogP) is 15.8. The van der Waals surface area contributed by atoms with E-state index in [9.17, 15) is 105 Å². The third-order valence-corrected chi connectivity index (χ3v) is 20.5. The van der Waals surface area contributed by atoms with Crippen molar-refractivity contribution in [1.82, 2.24) is 29.7 Å². The average Bonchev–Trinajstić information content (AvgIpc) is 0.683. The number of methoxy groups -OCH3 is 4. The first-order valence-corrected chi connectivity index (χ1v) is 36.6. The van der Waals surface area contributed by atoms with E-state index in [-0.39, 0.29) is 45.1 Å². The van der Waals surface area contributed by atoms with E-state index in [1.807, 2.05) is 48.5 Å². The Morgan fingerprint density at radius 3 is 0.399 bits per heavy atom. The minimum Gasteiger partial charge on any atom is -0.870 e. The Morgan fingerprint density at radius 2 is 0.297 bits per heavy atom. The zero-order chi connectivity index (χ0) is 100. The maximum atomic E-state index is 15.4. The van der Waals surface area contributed by atoms with Gasteiger partial charge < -0.3 is 39.7 Å². The largest absolute Gasteiger partial charge is 2.00 e. The Morgan fingerprint density at radius 1 is 0.196 bits per heavy atom. The monoisotopic (exact) mass is 2120 g/mol. The fraction of sp³-hybridized carbons (Fsp3) is 0.171. The van der Waals surface area contributed by atoms with Gasteiger partial charge in [0, 0.05) is 124 Å². The molecule has 4 heterocycles. The summed E-state index contributed by atoms with van der Waals surface area (Å²) < 4.78 is 609. The second-order valence-electron chi connectivity index (χ2n) is 28.0. The Kier molecular flexibility index (Phi) is 39.6. The standard InChI is InChI=1S/2C24BF20.2C17H23N3O2.2Cu.2H2O/c2*26-5-1(6(27)14(35)21(42)13(5)34)25(2-7(28)15(36)22(43)16(37)8(2)29,3-9(30)17(38)23(44)18(39)10(3)31)4-11(32)19(40)24(45)20(41)12(4)33;2*1-20(10-6-14-12-16(21-2)4-8-18-14)11-7-15-13-17(22-3)5-9-19-15;;;;/h;;2*4-5,8-9,12-13H,6-7,10-11H2,1-3H3;;;2*1H2/q2*-1;;;2*+2;;/p-2. The Bertz CT molecular complexity index is 5320. The summed E-state index contributed by atoms with van der Waals surface area (Å²) in [6.45, 7) is 3.79. The first-order chi connectivity index (χ1) is 62.8. The van der Waals surface area contributed by atoms with Crippen LogP contribution >= 0.6 is 0 Å². The SMILES string of the molecule is COc1ccnc(CCN(C)CCc2cc(OC)ccn2)c1.COc1ccnc(CCN(C)CCc2cc(OC)ccn2)c1.Fc1c(F)c(F)c([B-](c2c(F)c(F)c(F)c(F)c2F)(c2c(F)c(F)c(F)c(F)c2F)c2c(F)c(F)c(F)c(F)c2F)c(F)c1F.Fc1c(F)c(F)c([B-](c2c(F)c(F)c(F)c(F)c2F)(c2c(F)c(F)c(F)c(F)c2F)c2c(F)c(F)c(F)c(F)c2F)c(F)c1F.[Cu+2].[Cu+2].[OH-].[OH-]. The summed E-state index contributed by atoms with van der Waals surface area (Å²) >= 11 is 0. The molecule has 12 nitrogen and oxygen atoms in total. The van der Waals surface area contributed by atoms with Crippen LogP contribution in [-0.2, 0) is 59.8 Å². The van der Waals surface area contributed by atoms with Crippen molar-refractivity contribution in [3.05, 3.63) is 329 Å². The maximum absolute atomic E-state index is 15.4. The van der Waals surface area contributed by atoms with Gasteiger partial charge in [0.05, 0.1) is 28.4 Å². The molecular formula is C82H48B2Cu2F40N6O6. The number of aromatic nitrogens is 4. The van der Waals surface area contributed by atoms with E-state index in [1.165, 1.54) is 0 Å². The molecule has 0 aliphatic carbocycles. The molecule has 0 atom stereocenters. The summed E-state index contributed by atoms with van der Waals surface area (Å²) in [5.74, 6) is -139. The predicted molar refractivity (Wildman–Crippen MR) is 395 cm³/mol. The summed E-state index contributed by atoms with van der Waals surface area (Å²) in [4.78, 5) is 22.0. The number of benzene rings is 8. The first-order valence-electron chi connectivity index (χ1n) is 36.6. The second kappa shape index (κ2) is 46.9. The molecule has 2 N–H and O–H groups in total. The van der Waals surface area contributed by atoms with Gasteiger partial charge in [-0.25, -0.2) is 176 Å². The molecule has 0 saturated carbocycles. The molecule has 750 valence electrons. The van der Waals surface area contributed by atoms with E-state index in [0.717, 1.165) is 97.6 Å². The van der Waals surface area contributed by atoms with E-state index in [4.69, 9.17) is 18.9 Å². The van der Waals surface area contributed by atoms with E-state index >= 15 is 70.2 Å². The zero-order valence-electron chi connectivity index (χ0n) is 68.7. The number of pyridine rings is 4. The molecule has 4 aromatic heterocycles. The molecule has 138 heavy (non-hydrogen) atoms. The fourth-order valence-electron chi connectivity index (χ4n) is 14.1. The molecule has 2 radical (unpaired) electrons. The molecule has 8 aromatic carbocycles. The molecule has 12 rings (SSSR count). The summed E-state index contributed by atoms with van der Waals surface area (Å²) in [5.41, 5.74) is -24.5. The van der Waals surface area contributed by atoms with Gasteiger partial charge in [0.25, 0.3) is 0 Å². The molecule has 56 heteroatoms. The Hall–Kier alpha value is -12.2. The molecule has 12 aromatic rings. The van der Waals surface area contributed by atoms with Crippen molar-refractivity contribution >= 4 is 56.0 Å². The maximum Gasteiger partial charge on any atom is 2.00 e. The van der Waals surface area contributed by atoms with Gasteiger partial charge in [0.15, 0.2) is 140 Å². The van der Waals surface area contributed by atoms with Gasteiger partial charge in [0.2, 0.25) is 0 Å². The van der Waals surface area contributed by atoms with Crippen molar-refractivity contribution in [2.75, 3.05) is 68.7 Å². The zero-order valence-corrected chi connectivity index (χ0v) is 70.6. The van der Waals surface area contributed by atoms with Gasteiger partial charge in [-0.15, -0.1) is 43.7 Å². The van der Waals surface area contributed by atoms with Crippen LogP contribution in [0.15, 0.2) is 73.3 Å². The van der Waals surface area contributed by atoms with Gasteiger partial charge in [-0.2, -0.15) is 0 Å². The molecule has 0 fully saturated rings. The normalized spacial score (nSPS) is 11.2. The Balaban J connectivity index is 0.000000338. The van der Waals surface area contributed by atoms with Crippen LogP contribution in [0.4, 0.5) is 176 Å². The van der Waals surface area contributed by atoms with Crippen molar-refractivity contribution in [3.8, 4) is 23.0 Å². The van der Waals surface area contributed by atoms with Gasteiger partial charge in [-0.1, -0.05) is 0 Å². The first kappa shape index (κ1) is 116. The molecule has 0 aliphatic heterocycles. The topological polar surface area (TPSA) is 155 Å². The molecule has 0 aliphatic rings. The van der Waals surface area contributed by atoms with Crippen LogP contribution in [0.3, 0.4) is 0 Å². The van der Waals surface area contributed by atoms with E-state index < -0.39 is 289 Å². The minimum atomic E-state index is -7.22. The fourth-order valence-corrected chi connectivity index (χ4v) is 14.1. The Labute approximate surface area is 768 Å². The van der Waals surface area contributed by atoms with Crippen molar-refractivity contribution in [2.24, 2.45) is 0 Å². The number of ether oxygens (including phenoxy) is 4. The van der Waals surface area contributed by atoms with Crippen molar-refractivity contribution in [3.63, 3.8) is 0 Å². The smallest absolute Gasteiger partial charge is 0.870 e. The molecule has 0 unspecified atom stereocenters. The molecular weight excluding hydrogens is 2070 g/mol. The van der Waals surface area contributed by atoms with Gasteiger partial charge >= 0.3 is 34.1 Å². The summed E-state index contributed by atoms with van der Waals surface area (Å²) in [6, 6.07) is 15.4. The van der Waals surface area contributed by atoms with Crippen LogP contribution in [-0.4, -0.2) is 122 Å². The molecule has 0 amide bonds. The van der Waals surface area contributed by atoms with Crippen molar-refractivity contribution in [1.29, 1.82) is 0 Å². The van der Waals surface area contributed by atoms with E-state index in [1.54, 1.807) is 53.2 Å². The third kappa shape index (κ3) is 21.3. The van der Waals surface area contributed by atoms with Crippen molar-refractivity contribution in [2.45, 2.75) is 25.7 Å². The van der Waals surface area contributed by atoms with Crippen LogP contribution in [0.1, 0.15) is 22.8 Å². The van der Waals surface area contributed by atoms with E-state index in [0.29, 0.717) is 0 Å². The molecule has 0 saturated heterocycles. The number of halogens is 40. The van der Waals surface area contributed by atoms with Gasteiger partial charge in [-0.3, -0.25) is 19.9 Å². The molecule has 0 bridgehead atoms. The van der Waals surface area contributed by atoms with Crippen LogP contribution < -0.4 is 62.6 Å². The summed E-state index contributed by atoms with van der Waals surface area (Å²) in [6.07, 6.45) is -3.68. The average molecular weight is 2120 g/mol. The number of hydrogen-bond acceptors (Lipinski definition) is 12.